The molecule has 6 unspecified atom stereocenters. The molecular formula is C22H27ClFN6O8P. The molecular weight excluding hydrogens is 562 g/mol. The number of H-pyrrole nitrogens is 1. The molecule has 39 heavy (non-hydrogen) atoms. The molecule has 3 aromatic rings. The minimum absolute atomic E-state index is 0.138. The number of nitrogens with zero attached hydrogens (tertiary/aromatic N) is 3. The highest BCUT2D eigenvalue weighted by molar-refractivity contribution is 7.52. The van der Waals surface area contributed by atoms with Crippen LogP contribution in [0.2, 0.25) is 0 Å². The number of halogens is 2. The van der Waals surface area contributed by atoms with Gasteiger partial charge in [0.15, 0.2) is 17.4 Å². The van der Waals surface area contributed by atoms with Crippen molar-refractivity contribution in [2.45, 2.75) is 56.5 Å². The van der Waals surface area contributed by atoms with E-state index in [4.69, 9.17) is 35.9 Å². The molecule has 1 fully saturated rings. The number of nitrogen functional groups attached to an aromatic ring is 1. The number of para-hydroxylation sites is 1. The third-order valence-electron chi connectivity index (χ3n) is 5.52. The van der Waals surface area contributed by atoms with Crippen LogP contribution in [0, 0.1) is 0 Å². The number of anilines is 1. The average Bonchev–Trinajstić information content (AvgIpc) is 3.36. The fraction of sp³-hybridized carbons (Fsp3) is 0.455. The highest BCUT2D eigenvalue weighted by atomic mass is 35.5. The number of nitrogens with one attached hydrogen (secondary N) is 2. The van der Waals surface area contributed by atoms with Crippen molar-refractivity contribution in [2.24, 2.45) is 0 Å². The molecule has 212 valence electrons. The molecule has 17 heteroatoms. The van der Waals surface area contributed by atoms with E-state index in [2.05, 4.69) is 20.0 Å². The van der Waals surface area contributed by atoms with Crippen molar-refractivity contribution in [3.8, 4) is 5.75 Å². The standard InChI is InChI=1S/C22H27ClFN6O8P/c1-11(2)36-19(33)12(3)29-39(34,38-13-7-5-4-6-8-13)35-9-14-16(31)22(23,24)20(37-14)30-10-26-15-17(30)27-21(25)28-18(15)32/h4-8,10-12,14,16,20,31H,9H2,1-3H3,(H,29,34)(H3,25,27,28,32). The third-order valence-corrected chi connectivity index (χ3v) is 7.57. The molecule has 0 saturated carbocycles. The van der Waals surface area contributed by atoms with Crippen LogP contribution in [0.25, 0.3) is 11.2 Å². The highest BCUT2D eigenvalue weighted by Crippen LogP contribution is 2.49. The number of esters is 1. The maximum Gasteiger partial charge on any atom is 0.459 e. The van der Waals surface area contributed by atoms with Gasteiger partial charge in [-0.25, -0.2) is 13.9 Å². The molecule has 4 rings (SSSR count). The summed E-state index contributed by atoms with van der Waals surface area (Å²) in [4.78, 5) is 34.5. The lowest BCUT2D eigenvalue weighted by Crippen LogP contribution is -2.40. The zero-order valence-corrected chi connectivity index (χ0v) is 22.6. The number of benzene rings is 1. The number of fused-ring (bicyclic) bond motifs is 1. The van der Waals surface area contributed by atoms with Crippen LogP contribution in [0.15, 0.2) is 41.5 Å². The highest BCUT2D eigenvalue weighted by Gasteiger charge is 2.58. The number of imidazole rings is 1. The normalized spacial score (nSPS) is 25.5. The summed E-state index contributed by atoms with van der Waals surface area (Å²) >= 11 is 6.04. The number of nitrogens with two attached hydrogens (primary N) is 1. The Morgan fingerprint density at radius 3 is 2.74 bits per heavy atom. The Morgan fingerprint density at radius 2 is 2.08 bits per heavy atom. The fourth-order valence-corrected chi connectivity index (χ4v) is 5.53. The first-order chi connectivity index (χ1) is 18.3. The van der Waals surface area contributed by atoms with E-state index in [1.165, 1.54) is 19.1 Å². The second-order valence-corrected chi connectivity index (χ2v) is 11.2. The van der Waals surface area contributed by atoms with Gasteiger partial charge in [-0.1, -0.05) is 29.8 Å². The molecule has 1 saturated heterocycles. The van der Waals surface area contributed by atoms with Crippen molar-refractivity contribution in [3.05, 3.63) is 47.0 Å². The summed E-state index contributed by atoms with van der Waals surface area (Å²) in [5.41, 5.74) is 4.60. The second kappa shape index (κ2) is 11.2. The first kappa shape index (κ1) is 28.9. The predicted octanol–water partition coefficient (Wildman–Crippen LogP) is 2.00. The SMILES string of the molecule is CC(C)OC(=O)C(C)NP(=O)(OCC1OC(n2cnc3c(=O)[nH]c(N)nc32)C(F)(Cl)C1O)Oc1ccccc1. The molecule has 0 aliphatic carbocycles. The summed E-state index contributed by atoms with van der Waals surface area (Å²) < 4.78 is 52.0. The number of rotatable bonds is 10. The number of carbonyl (C=O) groups excluding carboxylic acids is 1. The number of alkyl halides is 2. The molecule has 2 aromatic heterocycles. The van der Waals surface area contributed by atoms with E-state index in [0.717, 1.165) is 10.9 Å². The van der Waals surface area contributed by atoms with Gasteiger partial charge < -0.3 is 24.8 Å². The molecule has 0 radical (unpaired) electrons. The number of carbonyl (C=O) groups is 1. The van der Waals surface area contributed by atoms with Crippen molar-refractivity contribution in [3.63, 3.8) is 0 Å². The summed E-state index contributed by atoms with van der Waals surface area (Å²) in [6.07, 6.45) is -4.60. The largest absolute Gasteiger partial charge is 0.462 e. The minimum atomic E-state index is -4.35. The summed E-state index contributed by atoms with van der Waals surface area (Å²) in [5.74, 6) is -0.846. The molecule has 3 heterocycles. The first-order valence-electron chi connectivity index (χ1n) is 11.7. The minimum Gasteiger partial charge on any atom is -0.462 e. The molecule has 0 spiro atoms. The van der Waals surface area contributed by atoms with E-state index < -0.39 is 61.6 Å². The van der Waals surface area contributed by atoms with Crippen molar-refractivity contribution in [1.29, 1.82) is 0 Å². The molecule has 1 aliphatic heterocycles. The van der Waals surface area contributed by atoms with E-state index in [-0.39, 0.29) is 22.9 Å². The smallest absolute Gasteiger partial charge is 0.459 e. The molecule has 5 N–H and O–H groups in total. The van der Waals surface area contributed by atoms with E-state index in [1.54, 1.807) is 32.0 Å². The maximum atomic E-state index is 15.6. The van der Waals surface area contributed by atoms with Crippen LogP contribution in [-0.2, 0) is 23.4 Å². The number of ether oxygens (including phenoxy) is 2. The number of aromatic amines is 1. The number of aliphatic hydroxyl groups is 1. The fourth-order valence-electron chi connectivity index (χ4n) is 3.73. The van der Waals surface area contributed by atoms with E-state index in [1.807, 2.05) is 0 Å². The Kier molecular flexibility index (Phi) is 8.30. The van der Waals surface area contributed by atoms with E-state index in [0.29, 0.717) is 0 Å². The Hall–Kier alpha value is -3.07. The summed E-state index contributed by atoms with van der Waals surface area (Å²) in [6, 6.07) is 6.82. The zero-order chi connectivity index (χ0) is 28.5. The maximum absolute atomic E-state index is 15.6. The quantitative estimate of drug-likeness (QED) is 0.153. The Labute approximate surface area is 226 Å². The van der Waals surface area contributed by atoms with Crippen LogP contribution < -0.4 is 20.9 Å². The Bertz CT molecular complexity index is 1440. The van der Waals surface area contributed by atoms with E-state index in [9.17, 15) is 19.3 Å². The lowest BCUT2D eigenvalue weighted by Gasteiger charge is -2.25. The van der Waals surface area contributed by atoms with Gasteiger partial charge in [0.25, 0.3) is 10.7 Å². The molecule has 6 atom stereocenters. The van der Waals surface area contributed by atoms with Crippen molar-refractivity contribution < 1.29 is 37.4 Å². The third kappa shape index (κ3) is 6.24. The van der Waals surface area contributed by atoms with Crippen LogP contribution in [-0.4, -0.2) is 66.7 Å². The van der Waals surface area contributed by atoms with Crippen LogP contribution in [0.4, 0.5) is 10.3 Å². The van der Waals surface area contributed by atoms with Gasteiger partial charge in [0, 0.05) is 0 Å². The Morgan fingerprint density at radius 1 is 1.38 bits per heavy atom. The molecule has 14 nitrogen and oxygen atoms in total. The van der Waals surface area contributed by atoms with Crippen LogP contribution in [0.3, 0.4) is 0 Å². The van der Waals surface area contributed by atoms with Gasteiger partial charge in [0.2, 0.25) is 5.95 Å². The Balaban J connectivity index is 1.56. The number of hydrogen-bond donors (Lipinski definition) is 4. The van der Waals surface area contributed by atoms with Gasteiger partial charge in [-0.3, -0.25) is 23.7 Å². The monoisotopic (exact) mass is 588 g/mol. The van der Waals surface area contributed by atoms with Crippen LogP contribution in [0.5, 0.6) is 5.75 Å². The van der Waals surface area contributed by atoms with Crippen LogP contribution in [0.1, 0.15) is 27.0 Å². The average molecular weight is 589 g/mol. The predicted molar refractivity (Wildman–Crippen MR) is 137 cm³/mol. The lowest BCUT2D eigenvalue weighted by atomic mass is 10.1. The van der Waals surface area contributed by atoms with Gasteiger partial charge in [0.1, 0.15) is 24.0 Å². The van der Waals surface area contributed by atoms with Gasteiger partial charge in [0.05, 0.1) is 19.0 Å². The van der Waals surface area contributed by atoms with Gasteiger partial charge in [-0.2, -0.15) is 10.1 Å². The van der Waals surface area contributed by atoms with Crippen molar-refractivity contribution >= 4 is 42.4 Å². The molecule has 0 bridgehead atoms. The molecule has 1 aliphatic rings. The summed E-state index contributed by atoms with van der Waals surface area (Å²) in [7, 11) is -4.35. The second-order valence-electron chi connectivity index (χ2n) is 8.96. The van der Waals surface area contributed by atoms with E-state index >= 15 is 4.39 Å². The van der Waals surface area contributed by atoms with Gasteiger partial charge in [-0.15, -0.1) is 0 Å². The van der Waals surface area contributed by atoms with Gasteiger partial charge in [-0.05, 0) is 32.9 Å². The first-order valence-corrected chi connectivity index (χ1v) is 13.6. The number of hydrogen-bond acceptors (Lipinski definition) is 11. The summed E-state index contributed by atoms with van der Waals surface area (Å²) in [6.45, 7) is 3.99. The topological polar surface area (TPSA) is 193 Å². The lowest BCUT2D eigenvalue weighted by molar-refractivity contribution is -0.149. The van der Waals surface area contributed by atoms with Gasteiger partial charge >= 0.3 is 13.7 Å². The molecule has 0 amide bonds. The number of aromatic nitrogens is 4. The molecule has 1 aromatic carbocycles. The van der Waals surface area contributed by atoms with Crippen LogP contribution >= 0.6 is 19.3 Å². The van der Waals surface area contributed by atoms with Crippen molar-refractivity contribution in [1.82, 2.24) is 24.6 Å². The summed E-state index contributed by atoms with van der Waals surface area (Å²) in [5, 5.41) is 10.2. The van der Waals surface area contributed by atoms with Crippen molar-refractivity contribution in [2.75, 3.05) is 12.3 Å². The number of aliphatic hydroxyl groups excluding tert-OH is 1. The zero-order valence-electron chi connectivity index (χ0n) is 21.0.